The lowest BCUT2D eigenvalue weighted by Crippen LogP contribution is -2.21. The van der Waals surface area contributed by atoms with Gasteiger partial charge in [0.15, 0.2) is 9.84 Å². The maximum absolute atomic E-state index is 12.3. The van der Waals surface area contributed by atoms with Gasteiger partial charge < -0.3 is 10.0 Å². The van der Waals surface area contributed by atoms with Crippen LogP contribution in [0.25, 0.3) is 0 Å². The Bertz CT molecular complexity index is 500. The van der Waals surface area contributed by atoms with Crippen LogP contribution in [-0.2, 0) is 9.84 Å². The summed E-state index contributed by atoms with van der Waals surface area (Å²) in [6.07, 6.45) is 3.31. The van der Waals surface area contributed by atoms with Crippen LogP contribution in [0.4, 0.5) is 5.69 Å². The number of nitrogens with zero attached hydrogens (tertiary/aromatic N) is 1. The number of aliphatic hydroxyl groups is 1. The van der Waals surface area contributed by atoms with Gasteiger partial charge in [-0.25, -0.2) is 8.42 Å². The molecule has 0 radical (unpaired) electrons. The van der Waals surface area contributed by atoms with Crippen molar-refractivity contribution >= 4 is 15.5 Å². The van der Waals surface area contributed by atoms with Crippen molar-refractivity contribution in [3.8, 4) is 0 Å². The van der Waals surface area contributed by atoms with Crippen LogP contribution < -0.4 is 4.90 Å². The maximum atomic E-state index is 12.3. The van der Waals surface area contributed by atoms with E-state index in [2.05, 4.69) is 0 Å². The Kier molecular flexibility index (Phi) is 7.02. The Balaban J connectivity index is 2.84. The molecular weight excluding hydrogens is 274 g/mol. The molecule has 5 heteroatoms. The molecule has 0 aliphatic carbocycles. The van der Waals surface area contributed by atoms with Crippen LogP contribution in [-0.4, -0.2) is 39.5 Å². The minimum Gasteiger partial charge on any atom is -0.396 e. The summed E-state index contributed by atoms with van der Waals surface area (Å²) in [5, 5.41) is 8.77. The third kappa shape index (κ3) is 4.80. The van der Waals surface area contributed by atoms with Crippen molar-refractivity contribution < 1.29 is 13.5 Å². The molecule has 0 bridgehead atoms. The fraction of sp³-hybridized carbons (Fsp3) is 0.600. The lowest BCUT2D eigenvalue weighted by molar-refractivity contribution is 0.283. The number of aliphatic hydroxyl groups excluding tert-OH is 1. The van der Waals surface area contributed by atoms with Crippen molar-refractivity contribution in [2.24, 2.45) is 0 Å². The van der Waals surface area contributed by atoms with Crippen LogP contribution in [0.15, 0.2) is 29.2 Å². The minimum absolute atomic E-state index is 0.183. The molecule has 114 valence electrons. The van der Waals surface area contributed by atoms with Gasteiger partial charge >= 0.3 is 0 Å². The first kappa shape index (κ1) is 17.0. The number of anilines is 1. The van der Waals surface area contributed by atoms with Gasteiger partial charge in [0.2, 0.25) is 0 Å². The second-order valence-corrected chi connectivity index (χ2v) is 7.07. The molecule has 0 aliphatic heterocycles. The summed E-state index contributed by atoms with van der Waals surface area (Å²) >= 11 is 0. The molecule has 0 aliphatic rings. The Morgan fingerprint density at radius 1 is 1.15 bits per heavy atom. The highest BCUT2D eigenvalue weighted by Gasteiger charge is 2.19. The zero-order valence-electron chi connectivity index (χ0n) is 12.4. The first-order valence-electron chi connectivity index (χ1n) is 7.16. The van der Waals surface area contributed by atoms with Crippen LogP contribution in [0.5, 0.6) is 0 Å². The van der Waals surface area contributed by atoms with E-state index in [1.165, 1.54) is 0 Å². The molecule has 0 fully saturated rings. The number of hydrogen-bond acceptors (Lipinski definition) is 4. The van der Waals surface area contributed by atoms with E-state index in [-0.39, 0.29) is 12.4 Å². The normalized spacial score (nSPS) is 11.6. The van der Waals surface area contributed by atoms with E-state index in [4.69, 9.17) is 5.11 Å². The molecule has 20 heavy (non-hydrogen) atoms. The van der Waals surface area contributed by atoms with E-state index in [1.54, 1.807) is 12.1 Å². The Morgan fingerprint density at radius 3 is 2.50 bits per heavy atom. The van der Waals surface area contributed by atoms with Gasteiger partial charge in [0.05, 0.1) is 16.3 Å². The van der Waals surface area contributed by atoms with Crippen molar-refractivity contribution in [1.29, 1.82) is 0 Å². The number of hydrogen-bond donors (Lipinski definition) is 1. The van der Waals surface area contributed by atoms with Crippen LogP contribution in [0.3, 0.4) is 0 Å². The Hall–Kier alpha value is -1.07. The predicted octanol–water partition coefficient (Wildman–Crippen LogP) is 2.47. The van der Waals surface area contributed by atoms with Gasteiger partial charge in [0.1, 0.15) is 0 Å². The number of unbranched alkanes of at least 4 members (excludes halogenated alkanes) is 2. The zero-order valence-corrected chi connectivity index (χ0v) is 13.2. The van der Waals surface area contributed by atoms with Crippen LogP contribution >= 0.6 is 0 Å². The SMILES string of the molecule is CCCS(=O)(=O)c1ccccc1N(C)CCCCCO. The van der Waals surface area contributed by atoms with Gasteiger partial charge in [-0.1, -0.05) is 19.1 Å². The van der Waals surface area contributed by atoms with Crippen molar-refractivity contribution in [3.05, 3.63) is 24.3 Å². The van der Waals surface area contributed by atoms with Gasteiger partial charge in [-0.15, -0.1) is 0 Å². The summed E-state index contributed by atoms with van der Waals surface area (Å²) in [5.41, 5.74) is 0.768. The number of sulfone groups is 1. The van der Waals surface area contributed by atoms with E-state index < -0.39 is 9.84 Å². The number of rotatable bonds is 9. The molecule has 0 saturated heterocycles. The highest BCUT2D eigenvalue weighted by atomic mass is 32.2. The van der Waals surface area contributed by atoms with Crippen LogP contribution in [0.1, 0.15) is 32.6 Å². The third-order valence-corrected chi connectivity index (χ3v) is 5.20. The average molecular weight is 299 g/mol. The van der Waals surface area contributed by atoms with Gasteiger partial charge in [-0.2, -0.15) is 0 Å². The molecule has 0 atom stereocenters. The summed E-state index contributed by atoms with van der Waals surface area (Å²) in [7, 11) is -1.29. The molecule has 0 amide bonds. The number of para-hydroxylation sites is 1. The van der Waals surface area contributed by atoms with Crippen molar-refractivity contribution in [2.45, 2.75) is 37.5 Å². The first-order valence-corrected chi connectivity index (χ1v) is 8.82. The second kappa shape index (κ2) is 8.27. The summed E-state index contributed by atoms with van der Waals surface area (Å²) in [6.45, 7) is 2.88. The smallest absolute Gasteiger partial charge is 0.180 e. The fourth-order valence-corrected chi connectivity index (χ4v) is 3.76. The molecule has 1 N–H and O–H groups in total. The van der Waals surface area contributed by atoms with E-state index >= 15 is 0 Å². The van der Waals surface area contributed by atoms with Gasteiger partial charge in [0.25, 0.3) is 0 Å². The monoisotopic (exact) mass is 299 g/mol. The van der Waals surface area contributed by atoms with Crippen molar-refractivity contribution in [2.75, 3.05) is 30.9 Å². The van der Waals surface area contributed by atoms with Crippen molar-refractivity contribution in [1.82, 2.24) is 0 Å². The second-order valence-electron chi connectivity index (χ2n) is 4.99. The van der Waals surface area contributed by atoms with E-state index in [9.17, 15) is 8.42 Å². The Morgan fingerprint density at radius 2 is 1.85 bits per heavy atom. The average Bonchev–Trinajstić information content (AvgIpc) is 2.43. The fourth-order valence-electron chi connectivity index (χ4n) is 2.17. The lowest BCUT2D eigenvalue weighted by Gasteiger charge is -2.22. The number of benzene rings is 1. The molecule has 0 heterocycles. The summed E-state index contributed by atoms with van der Waals surface area (Å²) in [6, 6.07) is 7.18. The molecule has 1 aromatic carbocycles. The van der Waals surface area contributed by atoms with Gasteiger partial charge in [-0.3, -0.25) is 0 Å². The standard InChI is InChI=1S/C15H25NO3S/c1-3-13-20(18,19)15-10-6-5-9-14(15)16(2)11-7-4-8-12-17/h5-6,9-10,17H,3-4,7-8,11-13H2,1-2H3. The summed E-state index contributed by atoms with van der Waals surface area (Å²) in [4.78, 5) is 2.41. The molecule has 1 rings (SSSR count). The molecule has 0 spiro atoms. The molecule has 0 aromatic heterocycles. The van der Waals surface area contributed by atoms with Crippen LogP contribution in [0.2, 0.25) is 0 Å². The van der Waals surface area contributed by atoms with E-state index in [0.29, 0.717) is 11.3 Å². The Labute approximate surface area is 122 Å². The van der Waals surface area contributed by atoms with E-state index in [1.807, 2.05) is 31.0 Å². The van der Waals surface area contributed by atoms with Gasteiger partial charge in [0, 0.05) is 20.2 Å². The highest BCUT2D eigenvalue weighted by molar-refractivity contribution is 7.91. The third-order valence-electron chi connectivity index (χ3n) is 3.24. The summed E-state index contributed by atoms with van der Waals surface area (Å²) in [5.74, 6) is 0.183. The topological polar surface area (TPSA) is 57.6 Å². The van der Waals surface area contributed by atoms with Gasteiger partial charge in [-0.05, 0) is 37.8 Å². The summed E-state index contributed by atoms with van der Waals surface area (Å²) < 4.78 is 24.5. The minimum atomic E-state index is -3.20. The molecule has 0 saturated carbocycles. The largest absolute Gasteiger partial charge is 0.396 e. The van der Waals surface area contributed by atoms with Crippen molar-refractivity contribution in [3.63, 3.8) is 0 Å². The van der Waals surface area contributed by atoms with E-state index in [0.717, 1.165) is 31.5 Å². The quantitative estimate of drug-likeness (QED) is 0.712. The first-order chi connectivity index (χ1) is 9.53. The molecule has 1 aromatic rings. The molecule has 0 unspecified atom stereocenters. The highest BCUT2D eigenvalue weighted by Crippen LogP contribution is 2.25. The molecule has 4 nitrogen and oxygen atoms in total. The molecular formula is C15H25NO3S. The maximum Gasteiger partial charge on any atom is 0.180 e. The lowest BCUT2D eigenvalue weighted by atomic mass is 10.2. The van der Waals surface area contributed by atoms with Crippen LogP contribution in [0, 0.1) is 0 Å². The zero-order chi connectivity index (χ0) is 15.0. The predicted molar refractivity (Wildman–Crippen MR) is 83.0 cm³/mol.